The minimum absolute atomic E-state index is 0.701. The second-order valence-electron chi connectivity index (χ2n) is 4.80. The number of aryl methyl sites for hydroxylation is 1. The van der Waals surface area contributed by atoms with Crippen LogP contribution in [0.3, 0.4) is 0 Å². The van der Waals surface area contributed by atoms with E-state index in [1.807, 2.05) is 12.1 Å². The number of aromatic nitrogens is 2. The molecule has 0 saturated carbocycles. The number of nitrogens with one attached hydrogen (secondary N) is 1. The maximum absolute atomic E-state index is 5.68. The molecule has 0 radical (unpaired) electrons. The maximum Gasteiger partial charge on any atom is 0.163 e. The summed E-state index contributed by atoms with van der Waals surface area (Å²) in [6, 6.07) is 3.94. The maximum atomic E-state index is 5.68. The Hall–Kier alpha value is -1.75. The Morgan fingerprint density at radius 3 is 2.74 bits per heavy atom. The molecule has 102 valence electrons. The van der Waals surface area contributed by atoms with Crippen molar-refractivity contribution in [1.29, 1.82) is 0 Å². The Bertz CT molecular complexity index is 522. The molecule has 0 fully saturated rings. The number of fused-ring (bicyclic) bond motifs is 2. The third-order valence-electron chi connectivity index (χ3n) is 3.27. The van der Waals surface area contributed by atoms with Gasteiger partial charge >= 0.3 is 0 Å². The van der Waals surface area contributed by atoms with Crippen LogP contribution in [0.4, 0.5) is 0 Å². The molecule has 5 nitrogen and oxygen atoms in total. The number of unbranched alkanes of at least 4 members (excludes halogenated alkanes) is 1. The Labute approximate surface area is 112 Å². The SMILES string of the molecule is NCCCCc1nc2cc3c(cc2[nH]1)OCCCO3. The van der Waals surface area contributed by atoms with E-state index in [4.69, 9.17) is 15.2 Å². The molecule has 1 aliphatic heterocycles. The average molecular weight is 261 g/mol. The number of rotatable bonds is 4. The van der Waals surface area contributed by atoms with Crippen LogP contribution in [0.5, 0.6) is 11.5 Å². The molecule has 1 aliphatic rings. The van der Waals surface area contributed by atoms with Crippen molar-refractivity contribution < 1.29 is 9.47 Å². The molecule has 19 heavy (non-hydrogen) atoms. The smallest absolute Gasteiger partial charge is 0.163 e. The van der Waals surface area contributed by atoms with Gasteiger partial charge in [-0.15, -0.1) is 0 Å². The molecule has 0 spiro atoms. The van der Waals surface area contributed by atoms with Crippen molar-refractivity contribution in [2.45, 2.75) is 25.7 Å². The van der Waals surface area contributed by atoms with Crippen LogP contribution in [-0.4, -0.2) is 29.7 Å². The highest BCUT2D eigenvalue weighted by molar-refractivity contribution is 5.79. The Balaban J connectivity index is 1.86. The Kier molecular flexibility index (Phi) is 3.55. The lowest BCUT2D eigenvalue weighted by molar-refractivity contribution is 0.297. The van der Waals surface area contributed by atoms with Crippen molar-refractivity contribution in [3.05, 3.63) is 18.0 Å². The molecule has 2 heterocycles. The standard InChI is InChI=1S/C14H19N3O2/c15-5-2-1-4-14-16-10-8-12-13(9-11(10)17-14)19-7-3-6-18-12/h8-9H,1-7,15H2,(H,16,17). The van der Waals surface area contributed by atoms with Gasteiger partial charge in [0.1, 0.15) is 5.82 Å². The molecule has 5 heteroatoms. The van der Waals surface area contributed by atoms with E-state index in [1.54, 1.807) is 0 Å². The number of benzene rings is 1. The second-order valence-corrected chi connectivity index (χ2v) is 4.80. The molecule has 1 aromatic carbocycles. The van der Waals surface area contributed by atoms with Gasteiger partial charge in [0.25, 0.3) is 0 Å². The first-order valence-electron chi connectivity index (χ1n) is 6.85. The number of hydrogen-bond acceptors (Lipinski definition) is 4. The zero-order valence-corrected chi connectivity index (χ0v) is 10.9. The van der Waals surface area contributed by atoms with E-state index in [9.17, 15) is 0 Å². The highest BCUT2D eigenvalue weighted by Gasteiger charge is 2.13. The number of nitrogens with two attached hydrogens (primary N) is 1. The highest BCUT2D eigenvalue weighted by Crippen LogP contribution is 2.33. The summed E-state index contributed by atoms with van der Waals surface area (Å²) < 4.78 is 11.3. The molecule has 3 rings (SSSR count). The van der Waals surface area contributed by atoms with Gasteiger partial charge in [-0.25, -0.2) is 4.98 Å². The summed E-state index contributed by atoms with van der Waals surface area (Å²) in [6.45, 7) is 2.14. The summed E-state index contributed by atoms with van der Waals surface area (Å²) in [5.41, 5.74) is 7.45. The lowest BCUT2D eigenvalue weighted by Gasteiger charge is -2.05. The lowest BCUT2D eigenvalue weighted by atomic mass is 10.2. The van der Waals surface area contributed by atoms with E-state index in [2.05, 4.69) is 9.97 Å². The molecular formula is C14H19N3O2. The van der Waals surface area contributed by atoms with Crippen LogP contribution in [0.25, 0.3) is 11.0 Å². The molecule has 0 bridgehead atoms. The third-order valence-corrected chi connectivity index (χ3v) is 3.27. The van der Waals surface area contributed by atoms with Crippen molar-refractivity contribution in [3.63, 3.8) is 0 Å². The van der Waals surface area contributed by atoms with E-state index in [0.29, 0.717) is 13.2 Å². The summed E-state index contributed by atoms with van der Waals surface area (Å²) in [4.78, 5) is 7.93. The van der Waals surface area contributed by atoms with Gasteiger partial charge in [0.15, 0.2) is 11.5 Å². The lowest BCUT2D eigenvalue weighted by Crippen LogP contribution is -1.99. The minimum atomic E-state index is 0.701. The number of imidazole rings is 1. The van der Waals surface area contributed by atoms with Gasteiger partial charge in [-0.1, -0.05) is 0 Å². The van der Waals surface area contributed by atoms with E-state index in [-0.39, 0.29) is 0 Å². The van der Waals surface area contributed by atoms with Gasteiger partial charge < -0.3 is 20.2 Å². The molecule has 0 amide bonds. The minimum Gasteiger partial charge on any atom is -0.489 e. The molecule has 0 saturated heterocycles. The van der Waals surface area contributed by atoms with Crippen molar-refractivity contribution >= 4 is 11.0 Å². The van der Waals surface area contributed by atoms with E-state index < -0.39 is 0 Å². The zero-order chi connectivity index (χ0) is 13.1. The number of H-pyrrole nitrogens is 1. The highest BCUT2D eigenvalue weighted by atomic mass is 16.5. The van der Waals surface area contributed by atoms with E-state index in [0.717, 1.165) is 60.6 Å². The first-order valence-corrected chi connectivity index (χ1v) is 6.85. The van der Waals surface area contributed by atoms with Gasteiger partial charge in [-0.2, -0.15) is 0 Å². The summed E-state index contributed by atoms with van der Waals surface area (Å²) in [5, 5.41) is 0. The van der Waals surface area contributed by atoms with Crippen molar-refractivity contribution in [3.8, 4) is 11.5 Å². The fourth-order valence-corrected chi connectivity index (χ4v) is 2.27. The predicted octanol–water partition coefficient (Wildman–Crippen LogP) is 2.01. The van der Waals surface area contributed by atoms with Crippen molar-refractivity contribution in [1.82, 2.24) is 9.97 Å². The second kappa shape index (κ2) is 5.48. The summed E-state index contributed by atoms with van der Waals surface area (Å²) in [7, 11) is 0. The monoisotopic (exact) mass is 261 g/mol. The number of hydrogen-bond donors (Lipinski definition) is 2. The molecular weight excluding hydrogens is 242 g/mol. The normalized spacial score (nSPS) is 14.6. The van der Waals surface area contributed by atoms with Crippen molar-refractivity contribution in [2.24, 2.45) is 5.73 Å². The predicted molar refractivity (Wildman–Crippen MR) is 73.7 cm³/mol. The fourth-order valence-electron chi connectivity index (χ4n) is 2.27. The number of ether oxygens (including phenoxy) is 2. The Morgan fingerprint density at radius 1 is 1.16 bits per heavy atom. The first-order chi connectivity index (χ1) is 9.36. The van der Waals surface area contributed by atoms with Crippen LogP contribution in [0.15, 0.2) is 12.1 Å². The van der Waals surface area contributed by atoms with Crippen LogP contribution in [-0.2, 0) is 6.42 Å². The molecule has 3 N–H and O–H groups in total. The van der Waals surface area contributed by atoms with Gasteiger partial charge in [-0.3, -0.25) is 0 Å². The van der Waals surface area contributed by atoms with Crippen LogP contribution < -0.4 is 15.2 Å². The average Bonchev–Trinajstić information content (AvgIpc) is 2.65. The molecule has 1 aromatic heterocycles. The van der Waals surface area contributed by atoms with Gasteiger partial charge in [0.05, 0.1) is 24.2 Å². The van der Waals surface area contributed by atoms with Gasteiger partial charge in [0.2, 0.25) is 0 Å². The summed E-state index contributed by atoms with van der Waals surface area (Å²) >= 11 is 0. The topological polar surface area (TPSA) is 73.2 Å². The quantitative estimate of drug-likeness (QED) is 0.826. The largest absolute Gasteiger partial charge is 0.489 e. The van der Waals surface area contributed by atoms with Crippen LogP contribution >= 0.6 is 0 Å². The molecule has 0 aliphatic carbocycles. The van der Waals surface area contributed by atoms with E-state index in [1.165, 1.54) is 0 Å². The zero-order valence-electron chi connectivity index (χ0n) is 10.9. The number of aromatic amines is 1. The first kappa shape index (κ1) is 12.3. The van der Waals surface area contributed by atoms with Crippen molar-refractivity contribution in [2.75, 3.05) is 19.8 Å². The summed E-state index contributed by atoms with van der Waals surface area (Å²) in [5.74, 6) is 2.61. The number of nitrogens with zero attached hydrogens (tertiary/aromatic N) is 1. The van der Waals surface area contributed by atoms with Gasteiger partial charge in [-0.05, 0) is 19.4 Å². The molecule has 2 aromatic rings. The Morgan fingerprint density at radius 2 is 1.95 bits per heavy atom. The molecule has 0 unspecified atom stereocenters. The van der Waals surface area contributed by atoms with Crippen LogP contribution in [0.1, 0.15) is 25.1 Å². The van der Waals surface area contributed by atoms with Crippen LogP contribution in [0, 0.1) is 0 Å². The van der Waals surface area contributed by atoms with Gasteiger partial charge in [0, 0.05) is 25.0 Å². The molecule has 0 atom stereocenters. The van der Waals surface area contributed by atoms with Crippen LogP contribution in [0.2, 0.25) is 0 Å². The third kappa shape index (κ3) is 2.66. The fraction of sp³-hybridized carbons (Fsp3) is 0.500. The summed E-state index contributed by atoms with van der Waals surface area (Å²) in [6.07, 6.45) is 3.93. The van der Waals surface area contributed by atoms with E-state index >= 15 is 0 Å².